The minimum Gasteiger partial charge on any atom is -0.298 e. The molecule has 3 aromatic rings. The van der Waals surface area contributed by atoms with Gasteiger partial charge in [0.25, 0.3) is 15.9 Å². The first-order valence-corrected chi connectivity index (χ1v) is 10.8. The molecule has 1 heterocycles. The minimum absolute atomic E-state index is 0.136. The number of thiazole rings is 1. The molecule has 0 unspecified atom stereocenters. The third-order valence-electron chi connectivity index (χ3n) is 4.29. The zero-order valence-corrected chi connectivity index (χ0v) is 15.9. The van der Waals surface area contributed by atoms with Crippen LogP contribution in [0.3, 0.4) is 0 Å². The van der Waals surface area contributed by atoms with Crippen molar-refractivity contribution in [1.82, 2.24) is 4.98 Å². The second kappa shape index (κ2) is 7.13. The molecule has 1 aromatic heterocycles. The second-order valence-electron chi connectivity index (χ2n) is 6.16. The topological polar surface area (TPSA) is 88.2 Å². The summed E-state index contributed by atoms with van der Waals surface area (Å²) in [6.45, 7) is 0. The maximum atomic E-state index is 12.7. The zero-order valence-electron chi connectivity index (χ0n) is 14.3. The molecular weight excluding hydrogens is 382 g/mol. The summed E-state index contributed by atoms with van der Waals surface area (Å²) < 4.78 is 27.7. The highest BCUT2D eigenvalue weighted by molar-refractivity contribution is 7.92. The van der Waals surface area contributed by atoms with Gasteiger partial charge >= 0.3 is 0 Å². The molecule has 0 saturated carbocycles. The van der Waals surface area contributed by atoms with Crippen molar-refractivity contribution in [2.24, 2.45) is 0 Å². The van der Waals surface area contributed by atoms with Crippen molar-refractivity contribution in [3.8, 4) is 0 Å². The van der Waals surface area contributed by atoms with Crippen LogP contribution in [0.25, 0.3) is 0 Å². The Morgan fingerprint density at radius 2 is 1.74 bits per heavy atom. The van der Waals surface area contributed by atoms with Crippen LogP contribution in [-0.2, 0) is 22.9 Å². The monoisotopic (exact) mass is 399 g/mol. The van der Waals surface area contributed by atoms with Crippen LogP contribution in [0.4, 0.5) is 10.8 Å². The van der Waals surface area contributed by atoms with Gasteiger partial charge in [-0.15, -0.1) is 11.3 Å². The lowest BCUT2D eigenvalue weighted by Crippen LogP contribution is -2.18. The molecule has 6 nitrogen and oxygen atoms in total. The number of carbonyl (C=O) groups is 1. The first kappa shape index (κ1) is 17.7. The van der Waals surface area contributed by atoms with Gasteiger partial charge in [0.2, 0.25) is 0 Å². The summed E-state index contributed by atoms with van der Waals surface area (Å²) >= 11 is 1.48. The molecule has 8 heteroatoms. The van der Waals surface area contributed by atoms with E-state index in [1.165, 1.54) is 28.3 Å². The number of rotatable bonds is 5. The van der Waals surface area contributed by atoms with Gasteiger partial charge in [0.1, 0.15) is 0 Å². The highest BCUT2D eigenvalue weighted by Gasteiger charge is 2.21. The predicted molar refractivity (Wildman–Crippen MR) is 106 cm³/mol. The molecule has 2 N–H and O–H groups in total. The van der Waals surface area contributed by atoms with Crippen LogP contribution in [0.1, 0.15) is 27.3 Å². The molecule has 0 fully saturated rings. The number of sulfonamides is 1. The summed E-state index contributed by atoms with van der Waals surface area (Å²) in [4.78, 5) is 18.5. The summed E-state index contributed by atoms with van der Waals surface area (Å²) in [5.74, 6) is -0.395. The number of carbonyl (C=O) groups excluding carboxylic acids is 1. The Hall–Kier alpha value is -2.71. The Kier molecular flexibility index (Phi) is 4.67. The Bertz CT molecular complexity index is 1070. The lowest BCUT2D eigenvalue weighted by Gasteiger charge is -2.12. The van der Waals surface area contributed by atoms with E-state index in [0.29, 0.717) is 5.13 Å². The van der Waals surface area contributed by atoms with Gasteiger partial charge in [-0.2, -0.15) is 0 Å². The molecular formula is C19H17N3O3S2. The number of hydrogen-bond donors (Lipinski definition) is 2. The van der Waals surface area contributed by atoms with Crippen molar-refractivity contribution in [1.29, 1.82) is 0 Å². The smallest absolute Gasteiger partial charge is 0.261 e. The van der Waals surface area contributed by atoms with Gasteiger partial charge < -0.3 is 0 Å². The average Bonchev–Trinajstić information content (AvgIpc) is 3.24. The minimum atomic E-state index is -3.78. The Morgan fingerprint density at radius 3 is 2.52 bits per heavy atom. The van der Waals surface area contributed by atoms with Crippen molar-refractivity contribution < 1.29 is 13.2 Å². The van der Waals surface area contributed by atoms with Crippen molar-refractivity contribution in [3.05, 3.63) is 70.7 Å². The van der Waals surface area contributed by atoms with Gasteiger partial charge in [-0.25, -0.2) is 13.4 Å². The Morgan fingerprint density at radius 1 is 1.00 bits per heavy atom. The fourth-order valence-electron chi connectivity index (χ4n) is 2.98. The average molecular weight is 399 g/mol. The first-order valence-electron chi connectivity index (χ1n) is 8.50. The van der Waals surface area contributed by atoms with Crippen LogP contribution in [0, 0.1) is 0 Å². The molecule has 1 aliphatic rings. The zero-order chi connectivity index (χ0) is 18.9. The second-order valence-corrected chi connectivity index (χ2v) is 8.93. The lowest BCUT2D eigenvalue weighted by atomic mass is 10.2. The van der Waals surface area contributed by atoms with Crippen LogP contribution >= 0.6 is 11.3 Å². The van der Waals surface area contributed by atoms with Crippen molar-refractivity contribution in [3.63, 3.8) is 0 Å². The summed E-state index contributed by atoms with van der Waals surface area (Å²) in [5.41, 5.74) is 1.52. The van der Waals surface area contributed by atoms with E-state index in [2.05, 4.69) is 15.0 Å². The molecule has 0 atom stereocenters. The number of hydrogen-bond acceptors (Lipinski definition) is 5. The van der Waals surface area contributed by atoms with Gasteiger partial charge in [0.05, 0.1) is 21.8 Å². The SMILES string of the molecule is O=C(Nc1nc2c(s1)CCC2)c1ccccc1NS(=O)(=O)c1ccccc1. The van der Waals surface area contributed by atoms with Crippen molar-refractivity contribution in [2.45, 2.75) is 24.2 Å². The summed E-state index contributed by atoms with van der Waals surface area (Å²) in [6.07, 6.45) is 3.04. The number of aromatic nitrogens is 1. The largest absolute Gasteiger partial charge is 0.298 e. The van der Waals surface area contributed by atoms with Crippen molar-refractivity contribution >= 4 is 38.1 Å². The van der Waals surface area contributed by atoms with Crippen LogP contribution in [-0.4, -0.2) is 19.3 Å². The third-order valence-corrected chi connectivity index (χ3v) is 6.74. The molecule has 0 bridgehead atoms. The van der Waals surface area contributed by atoms with Crippen LogP contribution in [0.15, 0.2) is 59.5 Å². The number of benzene rings is 2. The van der Waals surface area contributed by atoms with E-state index in [9.17, 15) is 13.2 Å². The number of fused-ring (bicyclic) bond motifs is 1. The van der Waals surface area contributed by atoms with Gasteiger partial charge in [-0.1, -0.05) is 30.3 Å². The maximum Gasteiger partial charge on any atom is 0.261 e. The molecule has 27 heavy (non-hydrogen) atoms. The van der Waals surface area contributed by atoms with Gasteiger partial charge in [0.15, 0.2) is 5.13 Å². The Balaban J connectivity index is 1.58. The van der Waals surface area contributed by atoms with E-state index < -0.39 is 15.9 Å². The summed E-state index contributed by atoms with van der Waals surface area (Å²) in [7, 11) is -3.78. The molecule has 0 saturated heterocycles. The highest BCUT2D eigenvalue weighted by Crippen LogP contribution is 2.31. The van der Waals surface area contributed by atoms with E-state index >= 15 is 0 Å². The summed E-state index contributed by atoms with van der Waals surface area (Å²) in [6, 6.07) is 14.6. The normalized spacial score (nSPS) is 13.2. The number of anilines is 2. The number of aryl methyl sites for hydroxylation is 2. The van der Waals surface area contributed by atoms with E-state index in [1.54, 1.807) is 42.5 Å². The standard InChI is InChI=1S/C19H17N3O3S2/c23-18(21-19-20-16-11-6-12-17(16)26-19)14-9-4-5-10-15(14)22-27(24,25)13-7-2-1-3-8-13/h1-5,7-10,22H,6,11-12H2,(H,20,21,23). The van der Waals surface area contributed by atoms with Gasteiger partial charge in [-0.3, -0.25) is 14.8 Å². The predicted octanol–water partition coefficient (Wildman–Crippen LogP) is 3.68. The molecule has 1 aliphatic carbocycles. The molecule has 0 spiro atoms. The number of nitrogens with one attached hydrogen (secondary N) is 2. The number of nitrogens with zero attached hydrogens (tertiary/aromatic N) is 1. The molecule has 0 aliphatic heterocycles. The van der Waals surface area contributed by atoms with Gasteiger partial charge in [-0.05, 0) is 43.5 Å². The van der Waals surface area contributed by atoms with E-state index in [1.807, 2.05) is 0 Å². The van der Waals surface area contributed by atoms with Gasteiger partial charge in [0, 0.05) is 4.88 Å². The fourth-order valence-corrected chi connectivity index (χ4v) is 5.13. The lowest BCUT2D eigenvalue weighted by molar-refractivity contribution is 0.102. The Labute approximate surface area is 161 Å². The molecule has 4 rings (SSSR count). The third kappa shape index (κ3) is 3.72. The maximum absolute atomic E-state index is 12.7. The first-order chi connectivity index (χ1) is 13.0. The molecule has 0 radical (unpaired) electrons. The summed E-state index contributed by atoms with van der Waals surface area (Å²) in [5, 5.41) is 3.33. The van der Waals surface area contributed by atoms with Crippen LogP contribution in [0.2, 0.25) is 0 Å². The van der Waals surface area contributed by atoms with Crippen LogP contribution < -0.4 is 10.0 Å². The molecule has 138 valence electrons. The molecule has 1 amide bonds. The van der Waals surface area contributed by atoms with E-state index in [0.717, 1.165) is 25.0 Å². The molecule has 2 aromatic carbocycles. The quantitative estimate of drug-likeness (QED) is 0.685. The van der Waals surface area contributed by atoms with E-state index in [-0.39, 0.29) is 16.1 Å². The number of amides is 1. The van der Waals surface area contributed by atoms with Crippen LogP contribution in [0.5, 0.6) is 0 Å². The highest BCUT2D eigenvalue weighted by atomic mass is 32.2. The van der Waals surface area contributed by atoms with E-state index in [4.69, 9.17) is 0 Å². The fraction of sp³-hybridized carbons (Fsp3) is 0.158. The van der Waals surface area contributed by atoms with Crippen molar-refractivity contribution in [2.75, 3.05) is 10.0 Å². The number of para-hydroxylation sites is 1.